The smallest absolute Gasteiger partial charge is 0.245 e. The molecule has 3 rings (SSSR count). The first-order valence-corrected chi connectivity index (χ1v) is 7.82. The molecule has 1 aliphatic heterocycles. The van der Waals surface area contributed by atoms with Crippen LogP contribution in [0.1, 0.15) is 13.3 Å². The van der Waals surface area contributed by atoms with Gasteiger partial charge in [0.1, 0.15) is 10.4 Å². The highest BCUT2D eigenvalue weighted by Gasteiger charge is 2.39. The molecule has 116 valence electrons. The molecule has 0 spiro atoms. The molecule has 2 N–H and O–H groups in total. The normalized spacial score (nSPS) is 23.3. The maximum Gasteiger partial charge on any atom is 0.245 e. The molecule has 1 fully saturated rings. The van der Waals surface area contributed by atoms with Crippen LogP contribution in [-0.4, -0.2) is 42.7 Å². The predicted octanol–water partition coefficient (Wildman–Crippen LogP) is 1.00. The van der Waals surface area contributed by atoms with Crippen LogP contribution in [0, 0.1) is 5.41 Å². The largest absolute Gasteiger partial charge is 0.330 e. The molecule has 1 aromatic heterocycles. The Morgan fingerprint density at radius 1 is 1.43 bits per heavy atom. The number of benzene rings is 1. The van der Waals surface area contributed by atoms with Crippen molar-refractivity contribution in [2.45, 2.75) is 18.2 Å². The minimum Gasteiger partial charge on any atom is -0.330 e. The van der Waals surface area contributed by atoms with Gasteiger partial charge >= 0.3 is 0 Å². The first-order chi connectivity index (χ1) is 9.46. The van der Waals surface area contributed by atoms with Crippen molar-refractivity contribution in [2.75, 3.05) is 19.6 Å². The molecule has 0 saturated carbocycles. The molecule has 21 heavy (non-hydrogen) atoms. The molecule has 0 amide bonds. The van der Waals surface area contributed by atoms with Crippen LogP contribution >= 0.6 is 12.4 Å². The van der Waals surface area contributed by atoms with E-state index in [2.05, 4.69) is 14.9 Å². The summed E-state index contributed by atoms with van der Waals surface area (Å²) in [5, 5.41) is 7.37. The van der Waals surface area contributed by atoms with Crippen LogP contribution in [0.2, 0.25) is 0 Å². The lowest BCUT2D eigenvalue weighted by Crippen LogP contribution is -2.34. The second-order valence-electron chi connectivity index (χ2n) is 5.49. The first-order valence-electron chi connectivity index (χ1n) is 6.38. The van der Waals surface area contributed by atoms with E-state index in [1.807, 2.05) is 6.92 Å². The Bertz CT molecular complexity index is 748. The molecule has 2 aromatic rings. The maximum absolute atomic E-state index is 12.7. The van der Waals surface area contributed by atoms with Crippen LogP contribution in [0.15, 0.2) is 27.7 Å². The van der Waals surface area contributed by atoms with Gasteiger partial charge in [0.15, 0.2) is 5.52 Å². The summed E-state index contributed by atoms with van der Waals surface area (Å²) < 4.78 is 31.5. The van der Waals surface area contributed by atoms with E-state index in [0.29, 0.717) is 25.2 Å². The van der Waals surface area contributed by atoms with E-state index in [9.17, 15) is 8.42 Å². The molecular formula is C12H17ClN4O3S. The van der Waals surface area contributed by atoms with Gasteiger partial charge in [0.05, 0.1) is 0 Å². The van der Waals surface area contributed by atoms with Crippen LogP contribution in [0.5, 0.6) is 0 Å². The molecule has 0 radical (unpaired) electrons. The van der Waals surface area contributed by atoms with Crippen LogP contribution in [0.3, 0.4) is 0 Å². The van der Waals surface area contributed by atoms with Gasteiger partial charge in [0, 0.05) is 13.1 Å². The Labute approximate surface area is 128 Å². The SMILES string of the molecule is CC1(CN)CCN(S(=O)(=O)c2cccc3nonc23)C1.Cl. The Kier molecular flexibility index (Phi) is 4.25. The number of rotatable bonds is 3. The Morgan fingerprint density at radius 2 is 2.19 bits per heavy atom. The summed E-state index contributed by atoms with van der Waals surface area (Å²) in [6, 6.07) is 4.83. The number of nitrogens with two attached hydrogens (primary N) is 1. The van der Waals surface area contributed by atoms with Crippen LogP contribution in [0.25, 0.3) is 11.0 Å². The van der Waals surface area contributed by atoms with Crippen molar-refractivity contribution in [1.82, 2.24) is 14.6 Å². The number of hydrogen-bond acceptors (Lipinski definition) is 6. The molecule has 9 heteroatoms. The maximum atomic E-state index is 12.7. The number of fused-ring (bicyclic) bond motifs is 1. The minimum absolute atomic E-state index is 0. The molecule has 1 aromatic carbocycles. The average molecular weight is 333 g/mol. The van der Waals surface area contributed by atoms with E-state index in [0.717, 1.165) is 6.42 Å². The van der Waals surface area contributed by atoms with Crippen molar-refractivity contribution in [2.24, 2.45) is 11.1 Å². The molecule has 1 unspecified atom stereocenters. The van der Waals surface area contributed by atoms with Crippen LogP contribution in [-0.2, 0) is 10.0 Å². The Morgan fingerprint density at radius 3 is 2.86 bits per heavy atom. The molecule has 2 heterocycles. The number of halogens is 1. The van der Waals surface area contributed by atoms with E-state index >= 15 is 0 Å². The summed E-state index contributed by atoms with van der Waals surface area (Å²) in [6.45, 7) is 3.36. The zero-order chi connectivity index (χ0) is 14.4. The lowest BCUT2D eigenvalue weighted by Gasteiger charge is -2.22. The summed E-state index contributed by atoms with van der Waals surface area (Å²) in [7, 11) is -3.60. The summed E-state index contributed by atoms with van der Waals surface area (Å²) >= 11 is 0. The van der Waals surface area contributed by atoms with E-state index in [1.165, 1.54) is 10.4 Å². The van der Waals surface area contributed by atoms with Gasteiger partial charge in [-0.2, -0.15) is 4.31 Å². The highest BCUT2D eigenvalue weighted by atomic mass is 35.5. The minimum atomic E-state index is -3.60. The van der Waals surface area contributed by atoms with Crippen molar-refractivity contribution >= 4 is 33.5 Å². The zero-order valence-electron chi connectivity index (χ0n) is 11.5. The highest BCUT2D eigenvalue weighted by molar-refractivity contribution is 7.89. The number of aromatic nitrogens is 2. The third-order valence-electron chi connectivity index (χ3n) is 3.88. The van der Waals surface area contributed by atoms with Crippen molar-refractivity contribution in [3.8, 4) is 0 Å². The van der Waals surface area contributed by atoms with E-state index in [-0.39, 0.29) is 28.2 Å². The van der Waals surface area contributed by atoms with Gasteiger partial charge in [-0.05, 0) is 40.8 Å². The van der Waals surface area contributed by atoms with Crippen molar-refractivity contribution < 1.29 is 13.0 Å². The lowest BCUT2D eigenvalue weighted by atomic mass is 9.90. The van der Waals surface area contributed by atoms with Crippen LogP contribution < -0.4 is 5.73 Å². The third kappa shape index (κ3) is 2.64. The lowest BCUT2D eigenvalue weighted by molar-refractivity contribution is 0.315. The van der Waals surface area contributed by atoms with Gasteiger partial charge in [-0.25, -0.2) is 13.0 Å². The molecule has 1 atom stereocenters. The second-order valence-corrected chi connectivity index (χ2v) is 7.40. The highest BCUT2D eigenvalue weighted by Crippen LogP contribution is 2.33. The number of hydrogen-bond donors (Lipinski definition) is 1. The summed E-state index contributed by atoms with van der Waals surface area (Å²) in [6.07, 6.45) is 0.760. The second kappa shape index (κ2) is 5.53. The molecule has 1 aliphatic rings. The molecule has 1 saturated heterocycles. The fraction of sp³-hybridized carbons (Fsp3) is 0.500. The van der Waals surface area contributed by atoms with Crippen molar-refractivity contribution in [3.63, 3.8) is 0 Å². The summed E-state index contributed by atoms with van der Waals surface area (Å²) in [5.41, 5.74) is 6.27. The van der Waals surface area contributed by atoms with Gasteiger partial charge < -0.3 is 5.73 Å². The van der Waals surface area contributed by atoms with Gasteiger partial charge in [-0.3, -0.25) is 0 Å². The summed E-state index contributed by atoms with van der Waals surface area (Å²) in [4.78, 5) is 0.137. The van der Waals surface area contributed by atoms with E-state index in [1.54, 1.807) is 12.1 Å². The van der Waals surface area contributed by atoms with E-state index in [4.69, 9.17) is 5.73 Å². The molecular weight excluding hydrogens is 316 g/mol. The third-order valence-corrected chi connectivity index (χ3v) is 5.76. The Balaban J connectivity index is 0.00000161. The van der Waals surface area contributed by atoms with Crippen LogP contribution in [0.4, 0.5) is 0 Å². The molecule has 0 bridgehead atoms. The average Bonchev–Trinajstić information content (AvgIpc) is 3.05. The van der Waals surface area contributed by atoms with Crippen molar-refractivity contribution in [1.29, 1.82) is 0 Å². The van der Waals surface area contributed by atoms with Crippen molar-refractivity contribution in [3.05, 3.63) is 18.2 Å². The van der Waals surface area contributed by atoms with E-state index < -0.39 is 10.0 Å². The molecule has 0 aliphatic carbocycles. The number of sulfonamides is 1. The predicted molar refractivity (Wildman–Crippen MR) is 79.6 cm³/mol. The van der Waals surface area contributed by atoms with Gasteiger partial charge in [-0.15, -0.1) is 12.4 Å². The van der Waals surface area contributed by atoms with Gasteiger partial charge in [0.25, 0.3) is 0 Å². The fourth-order valence-electron chi connectivity index (χ4n) is 2.48. The molecule has 7 nitrogen and oxygen atoms in total. The van der Waals surface area contributed by atoms with Gasteiger partial charge in [0.2, 0.25) is 10.0 Å². The van der Waals surface area contributed by atoms with Gasteiger partial charge in [-0.1, -0.05) is 13.0 Å². The Hall–Kier alpha value is -1.22. The fourth-order valence-corrected chi connectivity index (χ4v) is 4.21. The first kappa shape index (κ1) is 16.2. The topological polar surface area (TPSA) is 102 Å². The monoisotopic (exact) mass is 332 g/mol. The summed E-state index contributed by atoms with van der Waals surface area (Å²) in [5.74, 6) is 0. The quantitative estimate of drug-likeness (QED) is 0.899. The zero-order valence-corrected chi connectivity index (χ0v) is 13.2. The standard InChI is InChI=1S/C12H16N4O3S.ClH/c1-12(7-13)5-6-16(8-12)20(17,18)10-4-2-3-9-11(10)15-19-14-9;/h2-4H,5-8,13H2,1H3;1H. The number of nitrogens with zero attached hydrogens (tertiary/aromatic N) is 3.